The van der Waals surface area contributed by atoms with Crippen LogP contribution in [0.15, 0.2) is 54.6 Å². The predicted octanol–water partition coefficient (Wildman–Crippen LogP) is 6.72. The van der Waals surface area contributed by atoms with Gasteiger partial charge < -0.3 is 15.1 Å². The third kappa shape index (κ3) is 7.15. The lowest BCUT2D eigenvalue weighted by molar-refractivity contribution is -0.148. The fraction of sp³-hybridized carbons (Fsp3) is 0.472. The number of nitrogens with one attached hydrogen (secondary N) is 1. The van der Waals surface area contributed by atoms with E-state index >= 15 is 0 Å². The molecule has 9 heteroatoms. The van der Waals surface area contributed by atoms with Crippen LogP contribution in [0.25, 0.3) is 10.8 Å². The van der Waals surface area contributed by atoms with E-state index in [0.717, 1.165) is 80.9 Å². The van der Waals surface area contributed by atoms with Crippen molar-refractivity contribution in [2.45, 2.75) is 62.4 Å². The van der Waals surface area contributed by atoms with Gasteiger partial charge in [-0.2, -0.15) is 5.26 Å². The third-order valence-electron chi connectivity index (χ3n) is 9.74. The minimum atomic E-state index is -0.488. The molecule has 0 bridgehead atoms. The van der Waals surface area contributed by atoms with Crippen LogP contribution in [0.4, 0.5) is 0 Å². The van der Waals surface area contributed by atoms with Crippen LogP contribution in [0.1, 0.15) is 72.3 Å². The Morgan fingerprint density at radius 3 is 2.51 bits per heavy atom. The van der Waals surface area contributed by atoms with Crippen molar-refractivity contribution in [3.8, 4) is 6.07 Å². The topological polar surface area (TPSA) is 79.7 Å². The SMILES string of the molecule is CN(C)C(=O)C1(N2CCCCC2CCC(CN(C)C(=O)c2cc(C#N)cc3ccccc23)c2ccc(Cl)c(Cl)c2)CCNCC1. The minimum Gasteiger partial charge on any atom is -0.347 e. The number of likely N-dealkylation sites (N-methyl/N-ethyl adjacent to an activating group) is 2. The highest BCUT2D eigenvalue weighted by atomic mass is 35.5. The molecule has 2 saturated heterocycles. The highest BCUT2D eigenvalue weighted by molar-refractivity contribution is 6.42. The number of nitrogens with zero attached hydrogens (tertiary/aromatic N) is 4. The number of hydrogen-bond donors (Lipinski definition) is 1. The molecule has 2 heterocycles. The van der Waals surface area contributed by atoms with Gasteiger partial charge in [-0.05, 0) is 98.8 Å². The summed E-state index contributed by atoms with van der Waals surface area (Å²) in [4.78, 5) is 33.8. The summed E-state index contributed by atoms with van der Waals surface area (Å²) in [7, 11) is 5.56. The van der Waals surface area contributed by atoms with Gasteiger partial charge >= 0.3 is 0 Å². The number of likely N-dealkylation sites (tertiary alicyclic amines) is 1. The molecule has 45 heavy (non-hydrogen) atoms. The second-order valence-corrected chi connectivity index (χ2v) is 13.6. The first-order valence-electron chi connectivity index (χ1n) is 16.0. The second kappa shape index (κ2) is 14.5. The van der Waals surface area contributed by atoms with Gasteiger partial charge in [-0.25, -0.2) is 0 Å². The number of rotatable bonds is 9. The maximum absolute atomic E-state index is 14.0. The number of piperidine rings is 2. The van der Waals surface area contributed by atoms with E-state index in [1.807, 2.05) is 69.7 Å². The predicted molar refractivity (Wildman–Crippen MR) is 182 cm³/mol. The molecule has 0 saturated carbocycles. The van der Waals surface area contributed by atoms with Gasteiger partial charge in [-0.15, -0.1) is 0 Å². The molecule has 7 nitrogen and oxygen atoms in total. The maximum Gasteiger partial charge on any atom is 0.254 e. The Bertz CT molecular complexity index is 1580. The molecule has 2 aliphatic rings. The van der Waals surface area contributed by atoms with Gasteiger partial charge in [0.15, 0.2) is 0 Å². The number of carbonyl (C=O) groups excluding carboxylic acids is 2. The summed E-state index contributed by atoms with van der Waals surface area (Å²) in [5.74, 6) is 0.0726. The first-order valence-corrected chi connectivity index (χ1v) is 16.7. The Balaban J connectivity index is 1.42. The zero-order valence-electron chi connectivity index (χ0n) is 26.5. The van der Waals surface area contributed by atoms with Gasteiger partial charge in [-0.1, -0.05) is 60.0 Å². The van der Waals surface area contributed by atoms with Crippen LogP contribution in [0.2, 0.25) is 10.0 Å². The molecular formula is C36H43Cl2N5O2. The van der Waals surface area contributed by atoms with Gasteiger partial charge in [0.25, 0.3) is 5.91 Å². The van der Waals surface area contributed by atoms with Crippen molar-refractivity contribution in [1.29, 1.82) is 5.26 Å². The molecular weight excluding hydrogens is 605 g/mol. The number of halogens is 2. The maximum atomic E-state index is 14.0. The van der Waals surface area contributed by atoms with Crippen molar-refractivity contribution >= 4 is 45.8 Å². The molecule has 3 aromatic rings. The summed E-state index contributed by atoms with van der Waals surface area (Å²) in [5.41, 5.74) is 1.53. The van der Waals surface area contributed by atoms with Crippen molar-refractivity contribution in [3.05, 3.63) is 81.3 Å². The fourth-order valence-electron chi connectivity index (χ4n) is 7.44. The Morgan fingerprint density at radius 1 is 1.04 bits per heavy atom. The van der Waals surface area contributed by atoms with Crippen molar-refractivity contribution in [3.63, 3.8) is 0 Å². The molecule has 2 amide bonds. The third-order valence-corrected chi connectivity index (χ3v) is 10.5. The van der Waals surface area contributed by atoms with Gasteiger partial charge in [-0.3, -0.25) is 14.5 Å². The number of fused-ring (bicyclic) bond motifs is 1. The minimum absolute atomic E-state index is 0.00331. The zero-order valence-corrected chi connectivity index (χ0v) is 28.0. The molecule has 2 aliphatic heterocycles. The van der Waals surface area contributed by atoms with Gasteiger partial charge in [0.1, 0.15) is 5.54 Å². The molecule has 0 aromatic heterocycles. The Hall–Kier alpha value is -3.15. The molecule has 2 fully saturated rings. The number of hydrogen-bond acceptors (Lipinski definition) is 5. The Morgan fingerprint density at radius 2 is 1.80 bits per heavy atom. The van der Waals surface area contributed by atoms with Crippen molar-refractivity contribution < 1.29 is 9.59 Å². The van der Waals surface area contributed by atoms with Crippen LogP contribution in [-0.2, 0) is 4.79 Å². The molecule has 2 unspecified atom stereocenters. The lowest BCUT2D eigenvalue weighted by Crippen LogP contribution is -2.66. The van der Waals surface area contributed by atoms with Gasteiger partial charge in [0.05, 0.1) is 21.7 Å². The van der Waals surface area contributed by atoms with E-state index in [2.05, 4.69) is 16.3 Å². The fourth-order valence-corrected chi connectivity index (χ4v) is 7.75. The molecule has 0 radical (unpaired) electrons. The summed E-state index contributed by atoms with van der Waals surface area (Å²) < 4.78 is 0. The highest BCUT2D eigenvalue weighted by Gasteiger charge is 2.48. The molecule has 3 aromatic carbocycles. The van der Waals surface area contributed by atoms with E-state index in [4.69, 9.17) is 23.2 Å². The average Bonchev–Trinajstić information content (AvgIpc) is 3.06. The number of amides is 2. The second-order valence-electron chi connectivity index (χ2n) is 12.8. The normalized spacial score (nSPS) is 19.1. The van der Waals surface area contributed by atoms with Crippen LogP contribution < -0.4 is 5.32 Å². The van der Waals surface area contributed by atoms with E-state index in [9.17, 15) is 14.9 Å². The molecule has 1 N–H and O–H groups in total. The smallest absolute Gasteiger partial charge is 0.254 e. The largest absolute Gasteiger partial charge is 0.347 e. The molecule has 0 spiro atoms. The van der Waals surface area contributed by atoms with Crippen molar-refractivity contribution in [2.24, 2.45) is 0 Å². The molecule has 2 atom stereocenters. The average molecular weight is 649 g/mol. The van der Waals surface area contributed by atoms with E-state index in [1.165, 1.54) is 0 Å². The van der Waals surface area contributed by atoms with Crippen LogP contribution in [0.5, 0.6) is 0 Å². The Labute approximate surface area is 277 Å². The number of carbonyl (C=O) groups is 2. The monoisotopic (exact) mass is 647 g/mol. The quantitative estimate of drug-likeness (QED) is 0.279. The van der Waals surface area contributed by atoms with E-state index in [0.29, 0.717) is 27.7 Å². The van der Waals surface area contributed by atoms with E-state index in [-0.39, 0.29) is 23.8 Å². The summed E-state index contributed by atoms with van der Waals surface area (Å²) in [6, 6.07) is 19.4. The summed E-state index contributed by atoms with van der Waals surface area (Å²) in [6.07, 6.45) is 6.62. The van der Waals surface area contributed by atoms with Crippen LogP contribution in [0, 0.1) is 11.3 Å². The molecule has 0 aliphatic carbocycles. The van der Waals surface area contributed by atoms with Crippen LogP contribution in [0.3, 0.4) is 0 Å². The first-order chi connectivity index (χ1) is 21.6. The zero-order chi connectivity index (χ0) is 32.1. The summed E-state index contributed by atoms with van der Waals surface area (Å²) in [6.45, 7) is 3.06. The summed E-state index contributed by atoms with van der Waals surface area (Å²) >= 11 is 12.8. The van der Waals surface area contributed by atoms with Crippen LogP contribution >= 0.6 is 23.2 Å². The van der Waals surface area contributed by atoms with Gasteiger partial charge in [0, 0.05) is 45.2 Å². The van der Waals surface area contributed by atoms with Crippen molar-refractivity contribution in [2.75, 3.05) is 47.3 Å². The Kier molecular flexibility index (Phi) is 10.7. The summed E-state index contributed by atoms with van der Waals surface area (Å²) in [5, 5.41) is 15.8. The lowest BCUT2D eigenvalue weighted by atomic mass is 9.80. The molecule has 5 rings (SSSR count). The van der Waals surface area contributed by atoms with Crippen LogP contribution in [-0.4, -0.2) is 85.4 Å². The van der Waals surface area contributed by atoms with E-state index in [1.54, 1.807) is 15.9 Å². The number of benzene rings is 3. The van der Waals surface area contributed by atoms with E-state index < -0.39 is 5.54 Å². The van der Waals surface area contributed by atoms with Gasteiger partial charge in [0.2, 0.25) is 5.91 Å². The highest BCUT2D eigenvalue weighted by Crippen LogP contribution is 2.38. The number of nitriles is 1. The lowest BCUT2D eigenvalue weighted by Gasteiger charge is -2.51. The first kappa shape index (κ1) is 33.2. The molecule has 238 valence electrons. The standard InChI is InChI=1S/C36H43Cl2N5O2/c1-41(2)35(45)36(15-17-40-18-16-36)43-19-7-6-9-29(43)13-11-28(26-12-14-32(37)33(38)22-26)24-42(3)34(44)31-21-25(23-39)20-27-8-4-5-10-30(27)31/h4-5,8,10,12,14,20-22,28-29,40H,6-7,9,11,13,15-19,24H2,1-3H3. The van der Waals surface area contributed by atoms with Crippen molar-refractivity contribution in [1.82, 2.24) is 20.0 Å².